The van der Waals surface area contributed by atoms with Gasteiger partial charge >= 0.3 is 0 Å². The van der Waals surface area contributed by atoms with Crippen LogP contribution in [0.4, 0.5) is 0 Å². The van der Waals surface area contributed by atoms with E-state index < -0.39 is 0 Å². The summed E-state index contributed by atoms with van der Waals surface area (Å²) in [4.78, 5) is 4.78. The Morgan fingerprint density at radius 1 is 1.33 bits per heavy atom. The third-order valence-electron chi connectivity index (χ3n) is 4.09. The van der Waals surface area contributed by atoms with Gasteiger partial charge in [-0.2, -0.15) is 0 Å². The van der Waals surface area contributed by atoms with Crippen LogP contribution in [0, 0.1) is 5.92 Å². The van der Waals surface area contributed by atoms with Crippen LogP contribution in [-0.2, 0) is 13.0 Å². The number of hydrogen-bond acceptors (Lipinski definition) is 1. The zero-order chi connectivity index (χ0) is 15.2. The third kappa shape index (κ3) is 4.23. The van der Waals surface area contributed by atoms with Gasteiger partial charge in [0.2, 0.25) is 0 Å². The van der Waals surface area contributed by atoms with E-state index in [1.54, 1.807) is 0 Å². The molecule has 0 aliphatic heterocycles. The molecule has 1 unspecified atom stereocenters. The molecule has 4 heteroatoms. The molecule has 0 saturated heterocycles. The fraction of sp³-hybridized carbons (Fsp3) is 0.588. The predicted octanol–water partition coefficient (Wildman–Crippen LogP) is 5.80. The summed E-state index contributed by atoms with van der Waals surface area (Å²) in [6.07, 6.45) is 5.92. The first-order valence-corrected chi connectivity index (χ1v) is 9.22. The van der Waals surface area contributed by atoms with Gasteiger partial charge in [-0.05, 0) is 30.5 Å². The number of aryl methyl sites for hydroxylation is 1. The molecule has 0 spiro atoms. The standard InChI is InChI=1S/C17H24BrClN2/c1-3-5-6-13(4-2)12-21-16-8-7-14(18)11-15(16)20-17(21)9-10-19/h7-8,11,13H,3-6,9-10,12H2,1-2H3. The molecular weight excluding hydrogens is 348 g/mol. The zero-order valence-corrected chi connectivity index (χ0v) is 15.3. The largest absolute Gasteiger partial charge is 0.328 e. The lowest BCUT2D eigenvalue weighted by Gasteiger charge is -2.17. The van der Waals surface area contributed by atoms with Crippen molar-refractivity contribution >= 4 is 38.6 Å². The molecule has 1 atom stereocenters. The van der Waals surface area contributed by atoms with Crippen molar-refractivity contribution in [2.75, 3.05) is 5.88 Å². The van der Waals surface area contributed by atoms with Crippen LogP contribution in [0.1, 0.15) is 45.4 Å². The Kier molecular flexibility index (Phi) is 6.56. The van der Waals surface area contributed by atoms with Gasteiger partial charge in [-0.3, -0.25) is 0 Å². The van der Waals surface area contributed by atoms with Crippen LogP contribution < -0.4 is 0 Å². The van der Waals surface area contributed by atoms with E-state index in [0.29, 0.717) is 5.88 Å². The van der Waals surface area contributed by atoms with Crippen LogP contribution in [0.3, 0.4) is 0 Å². The molecule has 21 heavy (non-hydrogen) atoms. The highest BCUT2D eigenvalue weighted by Gasteiger charge is 2.14. The van der Waals surface area contributed by atoms with Gasteiger partial charge in [0, 0.05) is 23.3 Å². The van der Waals surface area contributed by atoms with Crippen molar-refractivity contribution < 1.29 is 0 Å². The van der Waals surface area contributed by atoms with Gasteiger partial charge in [0.25, 0.3) is 0 Å². The Bertz CT molecular complexity index is 579. The average Bonchev–Trinajstić information content (AvgIpc) is 2.80. The minimum Gasteiger partial charge on any atom is -0.328 e. The number of alkyl halides is 1. The van der Waals surface area contributed by atoms with E-state index in [2.05, 4.69) is 52.5 Å². The molecule has 2 rings (SSSR count). The zero-order valence-electron chi connectivity index (χ0n) is 12.9. The molecule has 0 amide bonds. The van der Waals surface area contributed by atoms with Crippen LogP contribution in [-0.4, -0.2) is 15.4 Å². The first-order valence-electron chi connectivity index (χ1n) is 7.90. The highest BCUT2D eigenvalue weighted by Crippen LogP contribution is 2.24. The van der Waals surface area contributed by atoms with Gasteiger partial charge in [0.1, 0.15) is 5.82 Å². The minimum absolute atomic E-state index is 0.621. The summed E-state index contributed by atoms with van der Waals surface area (Å²) >= 11 is 9.49. The van der Waals surface area contributed by atoms with E-state index >= 15 is 0 Å². The lowest BCUT2D eigenvalue weighted by Crippen LogP contribution is -2.13. The fourth-order valence-electron chi connectivity index (χ4n) is 2.81. The summed E-state index contributed by atoms with van der Waals surface area (Å²) in [6.45, 7) is 5.61. The summed E-state index contributed by atoms with van der Waals surface area (Å²) in [6, 6.07) is 6.35. The van der Waals surface area contributed by atoms with Gasteiger partial charge in [0.05, 0.1) is 11.0 Å². The van der Waals surface area contributed by atoms with Crippen LogP contribution in [0.2, 0.25) is 0 Å². The van der Waals surface area contributed by atoms with E-state index in [1.165, 1.54) is 31.2 Å². The molecule has 116 valence electrons. The van der Waals surface area contributed by atoms with Gasteiger partial charge < -0.3 is 4.57 Å². The number of hydrogen-bond donors (Lipinski definition) is 0. The SMILES string of the molecule is CCCCC(CC)Cn1c(CCCl)nc2cc(Br)ccc21. The third-order valence-corrected chi connectivity index (χ3v) is 4.77. The monoisotopic (exact) mass is 370 g/mol. The van der Waals surface area contributed by atoms with Crippen molar-refractivity contribution in [2.24, 2.45) is 5.92 Å². The summed E-state index contributed by atoms with van der Waals surface area (Å²) in [5.74, 6) is 2.46. The molecular formula is C17H24BrClN2. The average molecular weight is 372 g/mol. The Balaban J connectivity index is 2.32. The number of halogens is 2. The van der Waals surface area contributed by atoms with E-state index in [4.69, 9.17) is 16.6 Å². The summed E-state index contributed by atoms with van der Waals surface area (Å²) in [5, 5.41) is 0. The highest BCUT2D eigenvalue weighted by molar-refractivity contribution is 9.10. The molecule has 2 nitrogen and oxygen atoms in total. The smallest absolute Gasteiger partial charge is 0.111 e. The summed E-state index contributed by atoms with van der Waals surface area (Å²) in [7, 11) is 0. The lowest BCUT2D eigenvalue weighted by molar-refractivity contribution is 0.390. The Hall–Kier alpha value is -0.540. The molecule has 0 bridgehead atoms. The van der Waals surface area contributed by atoms with Gasteiger partial charge in [-0.25, -0.2) is 4.98 Å². The molecule has 1 heterocycles. The maximum absolute atomic E-state index is 5.96. The normalized spacial score (nSPS) is 13.0. The van der Waals surface area contributed by atoms with E-state index in [-0.39, 0.29) is 0 Å². The van der Waals surface area contributed by atoms with Gasteiger partial charge in [-0.1, -0.05) is 49.0 Å². The highest BCUT2D eigenvalue weighted by atomic mass is 79.9. The van der Waals surface area contributed by atoms with E-state index in [9.17, 15) is 0 Å². The number of fused-ring (bicyclic) bond motifs is 1. The van der Waals surface area contributed by atoms with Crippen LogP contribution in [0.25, 0.3) is 11.0 Å². The maximum Gasteiger partial charge on any atom is 0.111 e. The van der Waals surface area contributed by atoms with Crippen molar-refractivity contribution in [2.45, 2.75) is 52.5 Å². The molecule has 0 fully saturated rings. The summed E-state index contributed by atoms with van der Waals surface area (Å²) in [5.41, 5.74) is 2.29. The Morgan fingerprint density at radius 3 is 2.81 bits per heavy atom. The van der Waals surface area contributed by atoms with Crippen molar-refractivity contribution in [3.05, 3.63) is 28.5 Å². The van der Waals surface area contributed by atoms with Crippen molar-refractivity contribution in [1.29, 1.82) is 0 Å². The van der Waals surface area contributed by atoms with Gasteiger partial charge in [-0.15, -0.1) is 11.6 Å². The van der Waals surface area contributed by atoms with Crippen molar-refractivity contribution in [3.8, 4) is 0 Å². The minimum atomic E-state index is 0.621. The molecule has 2 aromatic rings. The van der Waals surface area contributed by atoms with Crippen LogP contribution >= 0.6 is 27.5 Å². The maximum atomic E-state index is 5.96. The van der Waals surface area contributed by atoms with Crippen molar-refractivity contribution in [3.63, 3.8) is 0 Å². The molecule has 1 aromatic heterocycles. The molecule has 0 aliphatic carbocycles. The van der Waals surface area contributed by atoms with Crippen LogP contribution in [0.15, 0.2) is 22.7 Å². The summed E-state index contributed by atoms with van der Waals surface area (Å²) < 4.78 is 3.46. The topological polar surface area (TPSA) is 17.8 Å². The fourth-order valence-corrected chi connectivity index (χ4v) is 3.33. The molecule has 0 N–H and O–H groups in total. The quantitative estimate of drug-likeness (QED) is 0.536. The Morgan fingerprint density at radius 2 is 2.14 bits per heavy atom. The van der Waals surface area contributed by atoms with E-state index in [0.717, 1.165) is 34.7 Å². The molecule has 0 saturated carbocycles. The number of aromatic nitrogens is 2. The van der Waals surface area contributed by atoms with Gasteiger partial charge in [0.15, 0.2) is 0 Å². The van der Waals surface area contributed by atoms with E-state index in [1.807, 2.05) is 0 Å². The molecule has 0 radical (unpaired) electrons. The number of imidazole rings is 1. The lowest BCUT2D eigenvalue weighted by atomic mass is 9.99. The number of benzene rings is 1. The number of nitrogens with zero attached hydrogens (tertiary/aromatic N) is 2. The predicted molar refractivity (Wildman–Crippen MR) is 95.2 cm³/mol. The van der Waals surface area contributed by atoms with Crippen LogP contribution in [0.5, 0.6) is 0 Å². The number of rotatable bonds is 8. The first-order chi connectivity index (χ1) is 10.2. The number of unbranched alkanes of at least 4 members (excludes halogenated alkanes) is 1. The first kappa shape index (κ1) is 16.8. The second-order valence-corrected chi connectivity index (χ2v) is 6.92. The second-order valence-electron chi connectivity index (χ2n) is 5.63. The van der Waals surface area contributed by atoms with Crippen molar-refractivity contribution in [1.82, 2.24) is 9.55 Å². The Labute approximate surface area is 141 Å². The molecule has 1 aromatic carbocycles. The second kappa shape index (κ2) is 8.19. The molecule has 0 aliphatic rings.